The zero-order valence-electron chi connectivity index (χ0n) is 11.3. The first-order chi connectivity index (χ1) is 9.16. The summed E-state index contributed by atoms with van der Waals surface area (Å²) in [6, 6.07) is 17.9. The Bertz CT molecular complexity index is 529. The van der Waals surface area contributed by atoms with Crippen LogP contribution in [-0.4, -0.2) is 19.2 Å². The maximum Gasteiger partial charge on any atom is 0.0975 e. The lowest BCUT2D eigenvalue weighted by atomic mass is 10.1. The molecule has 2 nitrogen and oxygen atoms in total. The third-order valence-electron chi connectivity index (χ3n) is 3.02. The molecule has 2 aromatic carbocycles. The summed E-state index contributed by atoms with van der Waals surface area (Å²) in [6.45, 7) is 0. The Morgan fingerprint density at radius 1 is 0.947 bits per heavy atom. The summed E-state index contributed by atoms with van der Waals surface area (Å²) in [6.07, 6.45) is 3.19. The second-order valence-corrected chi connectivity index (χ2v) is 4.70. The van der Waals surface area contributed by atoms with Crippen LogP contribution in [0.2, 0.25) is 0 Å². The molecule has 0 unspecified atom stereocenters. The highest BCUT2D eigenvalue weighted by Gasteiger charge is 2.01. The van der Waals surface area contributed by atoms with Crippen LogP contribution in [0.5, 0.6) is 0 Å². The smallest absolute Gasteiger partial charge is 0.0975 e. The van der Waals surface area contributed by atoms with Crippen molar-refractivity contribution in [3.05, 3.63) is 71.8 Å². The zero-order chi connectivity index (χ0) is 13.7. The predicted molar refractivity (Wildman–Crippen MR) is 81.2 cm³/mol. The molecule has 0 radical (unpaired) electrons. The van der Waals surface area contributed by atoms with E-state index < -0.39 is 6.10 Å². The quantitative estimate of drug-likeness (QED) is 0.901. The van der Waals surface area contributed by atoms with Crippen LogP contribution >= 0.6 is 0 Å². The molecule has 2 heteroatoms. The van der Waals surface area contributed by atoms with Crippen LogP contribution in [-0.2, 0) is 0 Å². The van der Waals surface area contributed by atoms with Crippen molar-refractivity contribution in [3.8, 4) is 0 Å². The van der Waals surface area contributed by atoms with E-state index in [0.29, 0.717) is 0 Å². The van der Waals surface area contributed by atoms with Gasteiger partial charge in [-0.25, -0.2) is 0 Å². The molecular weight excluding hydrogens is 234 g/mol. The van der Waals surface area contributed by atoms with Crippen molar-refractivity contribution in [1.29, 1.82) is 0 Å². The average molecular weight is 253 g/mol. The van der Waals surface area contributed by atoms with Gasteiger partial charge in [0.2, 0.25) is 0 Å². The molecule has 0 saturated carbocycles. The number of benzene rings is 2. The molecule has 0 amide bonds. The predicted octanol–water partition coefficient (Wildman–Crippen LogP) is 3.50. The molecule has 0 bridgehead atoms. The third-order valence-corrected chi connectivity index (χ3v) is 3.02. The first kappa shape index (κ1) is 13.4. The van der Waals surface area contributed by atoms with E-state index in [1.54, 1.807) is 6.08 Å². The minimum absolute atomic E-state index is 0.560. The highest BCUT2D eigenvalue weighted by molar-refractivity contribution is 5.56. The van der Waals surface area contributed by atoms with Crippen molar-refractivity contribution in [3.63, 3.8) is 0 Å². The Balaban J connectivity index is 2.06. The van der Waals surface area contributed by atoms with Crippen molar-refractivity contribution >= 4 is 11.8 Å². The summed E-state index contributed by atoms with van der Waals surface area (Å²) >= 11 is 0. The Hall–Kier alpha value is -2.06. The molecule has 2 aromatic rings. The Labute approximate surface area is 114 Å². The lowest BCUT2D eigenvalue weighted by Crippen LogP contribution is -2.07. The van der Waals surface area contributed by atoms with Gasteiger partial charge < -0.3 is 10.0 Å². The van der Waals surface area contributed by atoms with Gasteiger partial charge in [0.25, 0.3) is 0 Å². The second-order valence-electron chi connectivity index (χ2n) is 4.70. The Morgan fingerprint density at radius 2 is 1.58 bits per heavy atom. The van der Waals surface area contributed by atoms with Crippen LogP contribution < -0.4 is 4.90 Å². The van der Waals surface area contributed by atoms with Gasteiger partial charge in [-0.05, 0) is 23.3 Å². The van der Waals surface area contributed by atoms with Gasteiger partial charge in [-0.1, -0.05) is 54.6 Å². The summed E-state index contributed by atoms with van der Waals surface area (Å²) < 4.78 is 0. The van der Waals surface area contributed by atoms with Gasteiger partial charge in [-0.2, -0.15) is 0 Å². The minimum atomic E-state index is -0.560. The van der Waals surface area contributed by atoms with Gasteiger partial charge in [0.05, 0.1) is 6.10 Å². The van der Waals surface area contributed by atoms with Crippen LogP contribution in [0.3, 0.4) is 0 Å². The molecule has 1 atom stereocenters. The molecule has 19 heavy (non-hydrogen) atoms. The average Bonchev–Trinajstić information content (AvgIpc) is 2.46. The molecule has 0 saturated heterocycles. The number of rotatable bonds is 4. The Kier molecular flexibility index (Phi) is 4.37. The van der Waals surface area contributed by atoms with Gasteiger partial charge in [0.1, 0.15) is 0 Å². The summed E-state index contributed by atoms with van der Waals surface area (Å²) in [7, 11) is 4.04. The SMILES string of the molecule is CN(C)c1ccc(/C=C/[C@H](O)c2ccccc2)cc1. The number of nitrogens with zero attached hydrogens (tertiary/aromatic N) is 1. The fourth-order valence-corrected chi connectivity index (χ4v) is 1.85. The van der Waals surface area contributed by atoms with Crippen LogP contribution in [0.1, 0.15) is 17.2 Å². The van der Waals surface area contributed by atoms with E-state index in [1.165, 1.54) is 5.69 Å². The van der Waals surface area contributed by atoms with E-state index in [-0.39, 0.29) is 0 Å². The highest BCUT2D eigenvalue weighted by atomic mass is 16.3. The fraction of sp³-hybridized carbons (Fsp3) is 0.176. The summed E-state index contributed by atoms with van der Waals surface area (Å²) in [5.41, 5.74) is 3.16. The molecular formula is C17H19NO. The number of aliphatic hydroxyl groups excluding tert-OH is 1. The van der Waals surface area contributed by atoms with Gasteiger partial charge in [0.15, 0.2) is 0 Å². The van der Waals surface area contributed by atoms with E-state index >= 15 is 0 Å². The van der Waals surface area contributed by atoms with Crippen molar-refractivity contribution in [2.24, 2.45) is 0 Å². The zero-order valence-corrected chi connectivity index (χ0v) is 11.3. The Morgan fingerprint density at radius 3 is 2.16 bits per heavy atom. The summed E-state index contributed by atoms with van der Waals surface area (Å²) in [5.74, 6) is 0. The number of hydrogen-bond donors (Lipinski definition) is 1. The van der Waals surface area contributed by atoms with Gasteiger partial charge >= 0.3 is 0 Å². The van der Waals surface area contributed by atoms with Gasteiger partial charge in [-0.15, -0.1) is 0 Å². The van der Waals surface area contributed by atoms with E-state index in [2.05, 4.69) is 17.0 Å². The normalized spacial score (nSPS) is 12.6. The van der Waals surface area contributed by atoms with E-state index in [4.69, 9.17) is 0 Å². The molecule has 0 aliphatic heterocycles. The van der Waals surface area contributed by atoms with Crippen molar-refractivity contribution in [2.45, 2.75) is 6.10 Å². The molecule has 0 aliphatic rings. The van der Waals surface area contributed by atoms with Crippen LogP contribution in [0.4, 0.5) is 5.69 Å². The summed E-state index contributed by atoms with van der Waals surface area (Å²) in [5, 5.41) is 10.0. The fourth-order valence-electron chi connectivity index (χ4n) is 1.85. The highest BCUT2D eigenvalue weighted by Crippen LogP contribution is 2.17. The molecule has 2 rings (SSSR count). The molecule has 98 valence electrons. The molecule has 0 aromatic heterocycles. The largest absolute Gasteiger partial charge is 0.384 e. The molecule has 0 aliphatic carbocycles. The maximum absolute atomic E-state index is 10.0. The maximum atomic E-state index is 10.0. The second kappa shape index (κ2) is 6.21. The topological polar surface area (TPSA) is 23.5 Å². The van der Waals surface area contributed by atoms with Gasteiger partial charge in [0, 0.05) is 19.8 Å². The van der Waals surface area contributed by atoms with E-state index in [9.17, 15) is 5.11 Å². The van der Waals surface area contributed by atoms with Crippen LogP contribution in [0.15, 0.2) is 60.7 Å². The monoisotopic (exact) mass is 253 g/mol. The van der Waals surface area contributed by atoms with Crippen molar-refractivity contribution in [2.75, 3.05) is 19.0 Å². The van der Waals surface area contributed by atoms with E-state index in [1.807, 2.05) is 62.6 Å². The molecule has 0 heterocycles. The standard InChI is InChI=1S/C17H19NO/c1-18(2)16-11-8-14(9-12-16)10-13-17(19)15-6-4-3-5-7-15/h3-13,17,19H,1-2H3/b13-10+/t17-/m0/s1. The van der Waals surface area contributed by atoms with Crippen molar-refractivity contribution < 1.29 is 5.11 Å². The first-order valence-electron chi connectivity index (χ1n) is 6.35. The van der Waals surface area contributed by atoms with E-state index in [0.717, 1.165) is 11.1 Å². The molecule has 0 fully saturated rings. The van der Waals surface area contributed by atoms with Crippen molar-refractivity contribution in [1.82, 2.24) is 0 Å². The number of anilines is 1. The third kappa shape index (κ3) is 3.70. The first-order valence-corrected chi connectivity index (χ1v) is 6.35. The van der Waals surface area contributed by atoms with Gasteiger partial charge in [-0.3, -0.25) is 0 Å². The van der Waals surface area contributed by atoms with Crippen LogP contribution in [0, 0.1) is 0 Å². The molecule has 1 N–H and O–H groups in total. The lowest BCUT2D eigenvalue weighted by molar-refractivity contribution is 0.229. The minimum Gasteiger partial charge on any atom is -0.384 e. The lowest BCUT2D eigenvalue weighted by Gasteiger charge is -2.12. The number of aliphatic hydroxyl groups is 1. The molecule has 0 spiro atoms. The number of hydrogen-bond acceptors (Lipinski definition) is 2. The van der Waals surface area contributed by atoms with Crippen LogP contribution in [0.25, 0.3) is 6.08 Å². The summed E-state index contributed by atoms with van der Waals surface area (Å²) in [4.78, 5) is 2.06.